The molecule has 0 radical (unpaired) electrons. The molecule has 1 fully saturated rings. The smallest absolute Gasteiger partial charge is 0.317 e. The zero-order valence-corrected chi connectivity index (χ0v) is 22.4. The third kappa shape index (κ3) is 6.31. The fraction of sp³-hybridized carbons (Fsp3) is 0.444. The fourth-order valence-corrected chi connectivity index (χ4v) is 4.70. The van der Waals surface area contributed by atoms with E-state index < -0.39 is 5.60 Å². The molecule has 2 N–H and O–H groups in total. The van der Waals surface area contributed by atoms with E-state index >= 15 is 0 Å². The molecule has 3 amide bonds. The second-order valence-corrected chi connectivity index (χ2v) is 11.3. The minimum absolute atomic E-state index is 0.0905. The van der Waals surface area contributed by atoms with Crippen molar-refractivity contribution in [1.29, 1.82) is 0 Å². The quantitative estimate of drug-likeness (QED) is 0.540. The summed E-state index contributed by atoms with van der Waals surface area (Å²) in [4.78, 5) is 32.8. The molecule has 0 aromatic heterocycles. The number of carbonyl (C=O) groups excluding carboxylic acids is 2. The van der Waals surface area contributed by atoms with Crippen molar-refractivity contribution in [1.82, 2.24) is 15.5 Å². The summed E-state index contributed by atoms with van der Waals surface area (Å²) in [7, 11) is 0. The fourth-order valence-electron chi connectivity index (χ4n) is 4.37. The van der Waals surface area contributed by atoms with E-state index in [1.807, 2.05) is 18.2 Å². The van der Waals surface area contributed by atoms with Crippen molar-refractivity contribution in [3.8, 4) is 0 Å². The number of amides is 3. The van der Waals surface area contributed by atoms with Gasteiger partial charge >= 0.3 is 6.03 Å². The van der Waals surface area contributed by atoms with Crippen LogP contribution in [0.25, 0.3) is 0 Å². The Morgan fingerprint density at radius 1 is 0.972 bits per heavy atom. The number of halogens is 2. The summed E-state index contributed by atoms with van der Waals surface area (Å²) in [5, 5.41) is 10.9. The first kappa shape index (κ1) is 26.3. The Morgan fingerprint density at radius 3 is 2.25 bits per heavy atom. The summed E-state index contributed by atoms with van der Waals surface area (Å²) in [5.41, 5.74) is 3.13. The Balaban J connectivity index is 1.21. The molecule has 0 bridgehead atoms. The maximum absolute atomic E-state index is 12.7. The molecule has 0 aliphatic carbocycles. The minimum atomic E-state index is -0.526. The molecule has 2 aromatic rings. The molecule has 4 rings (SSSR count). The Kier molecular flexibility index (Phi) is 7.81. The topological polar surface area (TPSA) is 83.0 Å². The molecule has 0 unspecified atom stereocenters. The SMILES string of the molecule is CC(C)(C)c1ccc(CNC(=O)C2=NOC3(CCN(C(=O)NCc4ccc(Cl)c(Cl)c4)CC3)C2)cc1. The number of nitrogens with one attached hydrogen (secondary N) is 2. The van der Waals surface area contributed by atoms with Crippen molar-refractivity contribution in [3.05, 3.63) is 69.2 Å². The summed E-state index contributed by atoms with van der Waals surface area (Å²) in [6.07, 6.45) is 1.67. The van der Waals surface area contributed by atoms with Crippen molar-refractivity contribution < 1.29 is 14.4 Å². The second kappa shape index (κ2) is 10.7. The highest BCUT2D eigenvalue weighted by Crippen LogP contribution is 2.35. The van der Waals surface area contributed by atoms with Gasteiger partial charge in [0.05, 0.1) is 10.0 Å². The molecule has 0 saturated carbocycles. The predicted molar refractivity (Wildman–Crippen MR) is 142 cm³/mol. The zero-order valence-electron chi connectivity index (χ0n) is 20.9. The summed E-state index contributed by atoms with van der Waals surface area (Å²) < 4.78 is 0. The van der Waals surface area contributed by atoms with E-state index in [0.717, 1.165) is 11.1 Å². The Bertz CT molecular complexity index is 1150. The van der Waals surface area contributed by atoms with Gasteiger partial charge < -0.3 is 20.4 Å². The predicted octanol–water partition coefficient (Wildman–Crippen LogP) is 5.43. The molecule has 2 aromatic carbocycles. The molecule has 0 atom stereocenters. The largest absolute Gasteiger partial charge is 0.388 e. The number of benzene rings is 2. The minimum Gasteiger partial charge on any atom is -0.388 e. The molecular formula is C27H32Cl2N4O3. The van der Waals surface area contributed by atoms with Gasteiger partial charge in [0.15, 0.2) is 0 Å². The number of hydrogen-bond donors (Lipinski definition) is 2. The van der Waals surface area contributed by atoms with Crippen molar-refractivity contribution in [3.63, 3.8) is 0 Å². The van der Waals surface area contributed by atoms with Crippen LogP contribution in [-0.4, -0.2) is 41.2 Å². The van der Waals surface area contributed by atoms with Crippen molar-refractivity contribution >= 4 is 40.9 Å². The van der Waals surface area contributed by atoms with Gasteiger partial charge in [-0.3, -0.25) is 4.79 Å². The van der Waals surface area contributed by atoms with Gasteiger partial charge in [-0.2, -0.15) is 0 Å². The lowest BCUT2D eigenvalue weighted by molar-refractivity contribution is -0.115. The van der Waals surface area contributed by atoms with Gasteiger partial charge in [0.1, 0.15) is 11.3 Å². The van der Waals surface area contributed by atoms with Crippen molar-refractivity contribution in [2.24, 2.45) is 5.16 Å². The molecular weight excluding hydrogens is 499 g/mol. The van der Waals surface area contributed by atoms with Gasteiger partial charge in [0, 0.05) is 45.4 Å². The first-order valence-corrected chi connectivity index (χ1v) is 12.9. The summed E-state index contributed by atoms with van der Waals surface area (Å²) >= 11 is 12.0. The van der Waals surface area contributed by atoms with Crippen LogP contribution in [0.2, 0.25) is 10.0 Å². The molecule has 9 heteroatoms. The van der Waals surface area contributed by atoms with Crippen LogP contribution in [0.1, 0.15) is 56.7 Å². The van der Waals surface area contributed by atoms with Crippen LogP contribution in [0.5, 0.6) is 0 Å². The third-order valence-corrected chi connectivity index (χ3v) is 7.50. The highest BCUT2D eigenvalue weighted by Gasteiger charge is 2.44. The van der Waals surface area contributed by atoms with Crippen molar-refractivity contribution in [2.45, 2.75) is 64.1 Å². The normalized spacial score (nSPS) is 16.9. The maximum atomic E-state index is 12.7. The molecule has 2 aliphatic heterocycles. The van der Waals surface area contributed by atoms with E-state index in [0.29, 0.717) is 61.2 Å². The highest BCUT2D eigenvalue weighted by molar-refractivity contribution is 6.42. The number of rotatable bonds is 5. The maximum Gasteiger partial charge on any atom is 0.317 e. The van der Waals surface area contributed by atoms with Gasteiger partial charge in [-0.15, -0.1) is 0 Å². The number of nitrogens with zero attached hydrogens (tertiary/aromatic N) is 2. The molecule has 2 heterocycles. The summed E-state index contributed by atoms with van der Waals surface area (Å²) in [6.45, 7) is 8.36. The van der Waals surface area contributed by atoms with Crippen LogP contribution < -0.4 is 10.6 Å². The molecule has 36 heavy (non-hydrogen) atoms. The van der Waals surface area contributed by atoms with Crippen LogP contribution in [0.4, 0.5) is 4.79 Å². The first-order chi connectivity index (χ1) is 17.0. The van der Waals surface area contributed by atoms with Crippen LogP contribution in [-0.2, 0) is 28.1 Å². The standard InChI is InChI=1S/C27H32Cl2N4O3/c1-26(2,3)20-7-4-18(5-8-20)16-30-24(34)23-15-27(36-32-23)10-12-33(13-11-27)25(35)31-17-19-6-9-21(28)22(29)14-19/h4-9,14H,10-13,15-17H2,1-3H3,(H,30,34)(H,31,35). The van der Waals surface area contributed by atoms with Gasteiger partial charge in [-0.25, -0.2) is 4.79 Å². The average molecular weight is 531 g/mol. The third-order valence-electron chi connectivity index (χ3n) is 6.76. The number of hydrogen-bond acceptors (Lipinski definition) is 4. The van der Waals surface area contributed by atoms with E-state index in [4.69, 9.17) is 28.0 Å². The second-order valence-electron chi connectivity index (χ2n) is 10.5. The van der Waals surface area contributed by atoms with E-state index in [9.17, 15) is 9.59 Å². The lowest BCUT2D eigenvalue weighted by Gasteiger charge is -2.37. The summed E-state index contributed by atoms with van der Waals surface area (Å²) in [5.74, 6) is -0.214. The lowest BCUT2D eigenvalue weighted by atomic mass is 9.86. The van der Waals surface area contributed by atoms with Gasteiger partial charge in [-0.05, 0) is 34.2 Å². The van der Waals surface area contributed by atoms with Gasteiger partial charge in [-0.1, -0.05) is 79.5 Å². The van der Waals surface area contributed by atoms with E-state index in [2.05, 4.69) is 48.7 Å². The zero-order chi connectivity index (χ0) is 25.9. The number of carbonyl (C=O) groups is 2. The Labute approximate surface area is 222 Å². The molecule has 7 nitrogen and oxygen atoms in total. The number of oxime groups is 1. The van der Waals surface area contributed by atoms with Crippen LogP contribution in [0, 0.1) is 0 Å². The van der Waals surface area contributed by atoms with E-state index in [-0.39, 0.29) is 17.4 Å². The molecule has 192 valence electrons. The van der Waals surface area contributed by atoms with Crippen LogP contribution in [0.3, 0.4) is 0 Å². The number of urea groups is 1. The molecule has 2 aliphatic rings. The first-order valence-electron chi connectivity index (χ1n) is 12.1. The highest BCUT2D eigenvalue weighted by atomic mass is 35.5. The summed E-state index contributed by atoms with van der Waals surface area (Å²) in [6, 6.07) is 13.4. The van der Waals surface area contributed by atoms with E-state index in [1.165, 1.54) is 5.56 Å². The Morgan fingerprint density at radius 2 is 1.61 bits per heavy atom. The van der Waals surface area contributed by atoms with E-state index in [1.54, 1.807) is 17.0 Å². The lowest BCUT2D eigenvalue weighted by Crippen LogP contribution is -2.50. The number of likely N-dealkylation sites (tertiary alicyclic amines) is 1. The van der Waals surface area contributed by atoms with Crippen LogP contribution >= 0.6 is 23.2 Å². The van der Waals surface area contributed by atoms with Crippen LogP contribution in [0.15, 0.2) is 47.6 Å². The number of piperidine rings is 1. The van der Waals surface area contributed by atoms with Crippen molar-refractivity contribution in [2.75, 3.05) is 13.1 Å². The Hall–Kier alpha value is -2.77. The molecule has 1 saturated heterocycles. The van der Waals surface area contributed by atoms with Gasteiger partial charge in [0.25, 0.3) is 5.91 Å². The average Bonchev–Trinajstić information content (AvgIpc) is 3.26. The molecule has 1 spiro atoms. The van der Waals surface area contributed by atoms with Gasteiger partial charge in [0.2, 0.25) is 0 Å². The monoisotopic (exact) mass is 530 g/mol.